The van der Waals surface area contributed by atoms with Gasteiger partial charge in [-0.25, -0.2) is 0 Å². The Morgan fingerprint density at radius 1 is 1.30 bits per heavy atom. The van der Waals surface area contributed by atoms with Gasteiger partial charge in [-0.05, 0) is 18.1 Å². The number of morpholine rings is 1. The SMILES string of the molecule is O=C(CCN1CCOCC1)NCCc1ccccc1O. The van der Waals surface area contributed by atoms with E-state index < -0.39 is 0 Å². The molecule has 20 heavy (non-hydrogen) atoms. The molecule has 0 bridgehead atoms. The van der Waals surface area contributed by atoms with E-state index in [1.54, 1.807) is 12.1 Å². The van der Waals surface area contributed by atoms with Gasteiger partial charge in [-0.3, -0.25) is 9.69 Å². The number of aromatic hydroxyl groups is 1. The lowest BCUT2D eigenvalue weighted by Crippen LogP contribution is -2.39. The molecule has 1 aromatic rings. The molecule has 0 radical (unpaired) electrons. The summed E-state index contributed by atoms with van der Waals surface area (Å²) in [4.78, 5) is 14.0. The highest BCUT2D eigenvalue weighted by Crippen LogP contribution is 2.15. The summed E-state index contributed by atoms with van der Waals surface area (Å²) in [7, 11) is 0. The van der Waals surface area contributed by atoms with Crippen LogP contribution in [-0.2, 0) is 16.0 Å². The van der Waals surface area contributed by atoms with Gasteiger partial charge in [0.1, 0.15) is 5.75 Å². The van der Waals surface area contributed by atoms with Crippen molar-refractivity contribution in [3.63, 3.8) is 0 Å². The number of hydrogen-bond acceptors (Lipinski definition) is 4. The van der Waals surface area contributed by atoms with E-state index in [1.807, 2.05) is 12.1 Å². The molecule has 0 saturated carbocycles. The normalized spacial score (nSPS) is 16.0. The number of benzene rings is 1. The van der Waals surface area contributed by atoms with Crippen LogP contribution in [0.5, 0.6) is 5.75 Å². The number of carbonyl (C=O) groups is 1. The third-order valence-corrected chi connectivity index (χ3v) is 3.47. The van der Waals surface area contributed by atoms with Gasteiger partial charge in [0.2, 0.25) is 5.91 Å². The van der Waals surface area contributed by atoms with Crippen molar-refractivity contribution in [1.29, 1.82) is 0 Å². The smallest absolute Gasteiger partial charge is 0.221 e. The van der Waals surface area contributed by atoms with Crippen LogP contribution in [-0.4, -0.2) is 55.3 Å². The van der Waals surface area contributed by atoms with Crippen LogP contribution in [0.4, 0.5) is 0 Å². The fraction of sp³-hybridized carbons (Fsp3) is 0.533. The number of hydrogen-bond donors (Lipinski definition) is 2. The van der Waals surface area contributed by atoms with Crippen LogP contribution in [0.3, 0.4) is 0 Å². The van der Waals surface area contributed by atoms with Crippen molar-refractivity contribution in [3.05, 3.63) is 29.8 Å². The Bertz CT molecular complexity index is 431. The summed E-state index contributed by atoms with van der Waals surface area (Å²) in [6.07, 6.45) is 1.16. The fourth-order valence-corrected chi connectivity index (χ4v) is 2.23. The number of ether oxygens (including phenoxy) is 1. The maximum absolute atomic E-state index is 11.7. The van der Waals surface area contributed by atoms with Gasteiger partial charge in [-0.2, -0.15) is 0 Å². The van der Waals surface area contributed by atoms with Crippen molar-refractivity contribution >= 4 is 5.91 Å². The molecule has 5 nitrogen and oxygen atoms in total. The first-order valence-corrected chi connectivity index (χ1v) is 7.09. The number of rotatable bonds is 6. The third-order valence-electron chi connectivity index (χ3n) is 3.47. The lowest BCUT2D eigenvalue weighted by molar-refractivity contribution is -0.121. The van der Waals surface area contributed by atoms with E-state index in [-0.39, 0.29) is 11.7 Å². The van der Waals surface area contributed by atoms with Crippen LogP contribution in [0, 0.1) is 0 Å². The molecule has 0 atom stereocenters. The maximum atomic E-state index is 11.7. The second-order valence-corrected chi connectivity index (χ2v) is 4.93. The summed E-state index contributed by atoms with van der Waals surface area (Å²) in [5, 5.41) is 12.5. The number of nitrogens with zero attached hydrogens (tertiary/aromatic N) is 1. The molecule has 110 valence electrons. The Kier molecular flexibility index (Phi) is 5.83. The Labute approximate surface area is 119 Å². The van der Waals surface area contributed by atoms with E-state index in [4.69, 9.17) is 4.74 Å². The molecular formula is C15H22N2O3. The van der Waals surface area contributed by atoms with Gasteiger partial charge < -0.3 is 15.2 Å². The largest absolute Gasteiger partial charge is 0.508 e. The first-order chi connectivity index (χ1) is 9.75. The standard InChI is InChI=1S/C15H22N2O3/c18-14-4-2-1-3-13(14)5-7-16-15(19)6-8-17-9-11-20-12-10-17/h1-4,18H,5-12H2,(H,16,19). The molecule has 1 aliphatic rings. The van der Waals surface area contributed by atoms with Crippen molar-refractivity contribution in [1.82, 2.24) is 10.2 Å². The molecule has 1 fully saturated rings. The zero-order valence-electron chi connectivity index (χ0n) is 11.7. The van der Waals surface area contributed by atoms with Crippen LogP contribution in [0.15, 0.2) is 24.3 Å². The number of para-hydroxylation sites is 1. The first kappa shape index (κ1) is 14.8. The molecule has 1 aliphatic heterocycles. The van der Waals surface area contributed by atoms with Gasteiger partial charge in [-0.1, -0.05) is 18.2 Å². The highest BCUT2D eigenvalue weighted by atomic mass is 16.5. The molecular weight excluding hydrogens is 256 g/mol. The van der Waals surface area contributed by atoms with E-state index in [2.05, 4.69) is 10.2 Å². The summed E-state index contributed by atoms with van der Waals surface area (Å²) in [5.74, 6) is 0.349. The minimum atomic E-state index is 0.0620. The first-order valence-electron chi connectivity index (χ1n) is 7.09. The van der Waals surface area contributed by atoms with E-state index in [9.17, 15) is 9.90 Å². The summed E-state index contributed by atoms with van der Waals surface area (Å²) in [5.41, 5.74) is 0.862. The number of nitrogens with one attached hydrogen (secondary N) is 1. The number of phenolic OH excluding ortho intramolecular Hbond substituents is 1. The van der Waals surface area contributed by atoms with Crippen molar-refractivity contribution in [2.24, 2.45) is 0 Å². The van der Waals surface area contributed by atoms with Crippen LogP contribution < -0.4 is 5.32 Å². The summed E-state index contributed by atoms with van der Waals surface area (Å²) in [6.45, 7) is 4.67. The Morgan fingerprint density at radius 3 is 2.80 bits per heavy atom. The summed E-state index contributed by atoms with van der Waals surface area (Å²) >= 11 is 0. The summed E-state index contributed by atoms with van der Waals surface area (Å²) in [6, 6.07) is 7.21. The van der Waals surface area contributed by atoms with Gasteiger partial charge in [-0.15, -0.1) is 0 Å². The van der Waals surface area contributed by atoms with E-state index in [0.717, 1.165) is 38.4 Å². The van der Waals surface area contributed by atoms with E-state index in [1.165, 1.54) is 0 Å². The molecule has 0 aromatic heterocycles. The predicted molar refractivity (Wildman–Crippen MR) is 76.7 cm³/mol. The number of amides is 1. The second kappa shape index (κ2) is 7.87. The highest BCUT2D eigenvalue weighted by Gasteiger charge is 2.11. The molecule has 0 spiro atoms. The third kappa shape index (κ3) is 4.83. The molecule has 2 N–H and O–H groups in total. The van der Waals surface area contributed by atoms with Crippen LogP contribution in [0.1, 0.15) is 12.0 Å². The quantitative estimate of drug-likeness (QED) is 0.807. The van der Waals surface area contributed by atoms with E-state index >= 15 is 0 Å². The van der Waals surface area contributed by atoms with Crippen molar-refractivity contribution in [3.8, 4) is 5.75 Å². The predicted octanol–water partition coefficient (Wildman–Crippen LogP) is 0.773. The molecule has 1 saturated heterocycles. The zero-order valence-corrected chi connectivity index (χ0v) is 11.7. The van der Waals surface area contributed by atoms with Crippen LogP contribution in [0.25, 0.3) is 0 Å². The van der Waals surface area contributed by atoms with Crippen molar-refractivity contribution < 1.29 is 14.6 Å². The van der Waals surface area contributed by atoms with E-state index in [0.29, 0.717) is 19.4 Å². The van der Waals surface area contributed by atoms with Gasteiger partial charge in [0.15, 0.2) is 0 Å². The minimum absolute atomic E-state index is 0.0620. The Morgan fingerprint density at radius 2 is 2.05 bits per heavy atom. The monoisotopic (exact) mass is 278 g/mol. The average Bonchev–Trinajstić information content (AvgIpc) is 2.48. The topological polar surface area (TPSA) is 61.8 Å². The van der Waals surface area contributed by atoms with Crippen molar-refractivity contribution in [2.75, 3.05) is 39.4 Å². The molecule has 2 rings (SSSR count). The molecule has 1 heterocycles. The second-order valence-electron chi connectivity index (χ2n) is 4.93. The van der Waals surface area contributed by atoms with Gasteiger partial charge in [0.25, 0.3) is 0 Å². The van der Waals surface area contributed by atoms with Gasteiger partial charge in [0, 0.05) is 32.6 Å². The molecule has 1 aromatic carbocycles. The lowest BCUT2D eigenvalue weighted by atomic mass is 10.1. The highest BCUT2D eigenvalue weighted by molar-refractivity contribution is 5.76. The fourth-order valence-electron chi connectivity index (χ4n) is 2.23. The van der Waals surface area contributed by atoms with Gasteiger partial charge >= 0.3 is 0 Å². The zero-order chi connectivity index (χ0) is 14.2. The molecule has 5 heteroatoms. The Hall–Kier alpha value is -1.59. The van der Waals surface area contributed by atoms with Crippen molar-refractivity contribution in [2.45, 2.75) is 12.8 Å². The minimum Gasteiger partial charge on any atom is -0.508 e. The maximum Gasteiger partial charge on any atom is 0.221 e. The van der Waals surface area contributed by atoms with Gasteiger partial charge in [0.05, 0.1) is 13.2 Å². The molecule has 0 unspecified atom stereocenters. The molecule has 0 aliphatic carbocycles. The number of carbonyl (C=O) groups excluding carboxylic acids is 1. The molecule has 1 amide bonds. The summed E-state index contributed by atoms with van der Waals surface area (Å²) < 4.78 is 5.27. The lowest BCUT2D eigenvalue weighted by Gasteiger charge is -2.26. The van der Waals surface area contributed by atoms with Crippen LogP contribution in [0.2, 0.25) is 0 Å². The van der Waals surface area contributed by atoms with Crippen LogP contribution >= 0.6 is 0 Å². The Balaban J connectivity index is 1.61. The number of phenols is 1. The average molecular weight is 278 g/mol.